The molecule has 0 saturated carbocycles. The van der Waals surface area contributed by atoms with Gasteiger partial charge in [0.2, 0.25) is 5.75 Å². The molecular weight excluding hydrogens is 616 g/mol. The zero-order valence-electron chi connectivity index (χ0n) is 18.9. The molecular formula is C24H16Br2N4O7. The lowest BCUT2D eigenvalue weighted by molar-refractivity contribution is -0.394. The van der Waals surface area contributed by atoms with E-state index < -0.39 is 27.1 Å². The van der Waals surface area contributed by atoms with E-state index in [0.717, 1.165) is 22.7 Å². The predicted molar refractivity (Wildman–Crippen MR) is 141 cm³/mol. The number of halogens is 2. The van der Waals surface area contributed by atoms with Crippen molar-refractivity contribution in [3.05, 3.63) is 94.9 Å². The molecule has 0 aliphatic rings. The lowest BCUT2D eigenvalue weighted by Gasteiger charge is -2.14. The first-order chi connectivity index (χ1) is 17.6. The van der Waals surface area contributed by atoms with Crippen LogP contribution in [0.25, 0.3) is 6.08 Å². The molecule has 3 rings (SSSR count). The summed E-state index contributed by atoms with van der Waals surface area (Å²) in [7, 11) is 0. The molecule has 1 amide bonds. The number of hydrogen-bond donors (Lipinski definition) is 1. The summed E-state index contributed by atoms with van der Waals surface area (Å²) in [6.45, 7) is 1.91. The van der Waals surface area contributed by atoms with E-state index in [1.807, 2.05) is 6.07 Å². The van der Waals surface area contributed by atoms with Gasteiger partial charge in [0.1, 0.15) is 11.6 Å². The molecule has 0 fully saturated rings. The van der Waals surface area contributed by atoms with Crippen molar-refractivity contribution in [2.24, 2.45) is 0 Å². The van der Waals surface area contributed by atoms with Crippen molar-refractivity contribution < 1.29 is 24.1 Å². The average molecular weight is 632 g/mol. The van der Waals surface area contributed by atoms with Crippen molar-refractivity contribution in [1.29, 1.82) is 5.26 Å². The fourth-order valence-corrected chi connectivity index (χ4v) is 3.84. The number of carbonyl (C=O) groups is 1. The highest BCUT2D eigenvalue weighted by atomic mass is 79.9. The molecule has 0 unspecified atom stereocenters. The maximum absolute atomic E-state index is 12.6. The highest BCUT2D eigenvalue weighted by molar-refractivity contribution is 9.10. The lowest BCUT2D eigenvalue weighted by atomic mass is 10.1. The molecule has 0 aromatic heterocycles. The monoisotopic (exact) mass is 630 g/mol. The van der Waals surface area contributed by atoms with Gasteiger partial charge in [0.25, 0.3) is 11.6 Å². The Morgan fingerprint density at radius 2 is 1.76 bits per heavy atom. The minimum Gasteiger partial charge on any atom is -0.490 e. The fraction of sp³-hybridized carbons (Fsp3) is 0.0833. The molecule has 3 aromatic carbocycles. The van der Waals surface area contributed by atoms with Crippen LogP contribution in [0.3, 0.4) is 0 Å². The van der Waals surface area contributed by atoms with Crippen molar-refractivity contribution in [1.82, 2.24) is 0 Å². The van der Waals surface area contributed by atoms with E-state index >= 15 is 0 Å². The van der Waals surface area contributed by atoms with E-state index in [2.05, 4.69) is 37.2 Å². The van der Waals surface area contributed by atoms with Crippen LogP contribution in [-0.2, 0) is 4.79 Å². The molecule has 0 aliphatic heterocycles. The molecule has 0 saturated heterocycles. The molecule has 0 spiro atoms. The Bertz CT molecular complexity index is 1450. The van der Waals surface area contributed by atoms with Gasteiger partial charge in [-0.3, -0.25) is 25.0 Å². The van der Waals surface area contributed by atoms with Crippen LogP contribution in [0.4, 0.5) is 17.1 Å². The number of nitrogens with one attached hydrogen (secondary N) is 1. The van der Waals surface area contributed by atoms with Crippen molar-refractivity contribution in [2.75, 3.05) is 11.9 Å². The van der Waals surface area contributed by atoms with Crippen molar-refractivity contribution in [3.63, 3.8) is 0 Å². The first-order valence-corrected chi connectivity index (χ1v) is 12.0. The Hall–Kier alpha value is -4.28. The number of benzene rings is 3. The minimum atomic E-state index is -0.795. The molecule has 3 aromatic rings. The number of nitrogens with zero attached hydrogens (tertiary/aromatic N) is 3. The largest absolute Gasteiger partial charge is 0.490 e. The predicted octanol–water partition coefficient (Wildman–Crippen LogP) is 6.76. The summed E-state index contributed by atoms with van der Waals surface area (Å²) in [6.07, 6.45) is 1.35. The first-order valence-electron chi connectivity index (χ1n) is 10.4. The highest BCUT2D eigenvalue weighted by Gasteiger charge is 2.24. The Kier molecular flexibility index (Phi) is 8.94. The van der Waals surface area contributed by atoms with E-state index in [0.29, 0.717) is 15.7 Å². The Balaban J connectivity index is 1.97. The molecule has 1 N–H and O–H groups in total. The Morgan fingerprint density at radius 1 is 1.05 bits per heavy atom. The van der Waals surface area contributed by atoms with Gasteiger partial charge in [0.15, 0.2) is 11.5 Å². The van der Waals surface area contributed by atoms with Gasteiger partial charge in [-0.15, -0.1) is 0 Å². The molecule has 0 radical (unpaired) electrons. The quantitative estimate of drug-likeness (QED) is 0.117. The van der Waals surface area contributed by atoms with Gasteiger partial charge in [-0.25, -0.2) is 0 Å². The highest BCUT2D eigenvalue weighted by Crippen LogP contribution is 2.43. The zero-order valence-corrected chi connectivity index (χ0v) is 22.1. The van der Waals surface area contributed by atoms with Crippen molar-refractivity contribution >= 4 is 60.9 Å². The van der Waals surface area contributed by atoms with Gasteiger partial charge >= 0.3 is 5.69 Å². The summed E-state index contributed by atoms with van der Waals surface area (Å²) in [5.74, 6) is -0.650. The summed E-state index contributed by atoms with van der Waals surface area (Å²) >= 11 is 6.64. The molecule has 37 heavy (non-hydrogen) atoms. The maximum Gasteiger partial charge on any atom is 0.318 e. The lowest BCUT2D eigenvalue weighted by Crippen LogP contribution is -2.13. The van der Waals surface area contributed by atoms with Crippen molar-refractivity contribution in [2.45, 2.75) is 6.92 Å². The summed E-state index contributed by atoms with van der Waals surface area (Å²) in [6, 6.07) is 14.7. The smallest absolute Gasteiger partial charge is 0.318 e. The number of nitro groups is 2. The van der Waals surface area contributed by atoms with Crippen LogP contribution in [-0.4, -0.2) is 22.4 Å². The second-order valence-corrected chi connectivity index (χ2v) is 8.93. The third-order valence-electron chi connectivity index (χ3n) is 4.67. The number of anilines is 1. The number of rotatable bonds is 9. The minimum absolute atomic E-state index is 0.0637. The molecule has 0 bridgehead atoms. The first kappa shape index (κ1) is 27.3. The number of nitro benzene ring substituents is 2. The third-order valence-corrected chi connectivity index (χ3v) is 5.79. The van der Waals surface area contributed by atoms with Crippen LogP contribution in [0, 0.1) is 31.6 Å². The number of amides is 1. The molecule has 0 atom stereocenters. The fourth-order valence-electron chi connectivity index (χ4n) is 3.04. The van der Waals surface area contributed by atoms with Gasteiger partial charge in [-0.05, 0) is 77.0 Å². The van der Waals surface area contributed by atoms with E-state index in [-0.39, 0.29) is 29.4 Å². The number of non-ortho nitro benzene ring substituents is 1. The SMILES string of the molecule is CCOc1cc(/C=C(\C#N)C(=O)Nc2ccc(Br)cc2)cc(Br)c1Oc1ccc([N+](=O)[O-])cc1[N+](=O)[O-]. The molecule has 13 heteroatoms. The standard InChI is InChI=1S/C24H16Br2N4O7/c1-2-36-22-11-14(9-15(13-27)24(31)28-17-5-3-16(25)4-6-17)10-19(26)23(22)37-21-8-7-18(29(32)33)12-20(21)30(34)35/h3-12H,2H2,1H3,(H,28,31)/b15-9+. The van der Waals surface area contributed by atoms with E-state index in [1.165, 1.54) is 18.2 Å². The summed E-state index contributed by atoms with van der Waals surface area (Å²) in [5, 5.41) is 34.7. The number of ether oxygens (including phenoxy) is 2. The summed E-state index contributed by atoms with van der Waals surface area (Å²) in [5.41, 5.74) is -0.350. The van der Waals surface area contributed by atoms with E-state index in [4.69, 9.17) is 9.47 Å². The van der Waals surface area contributed by atoms with E-state index in [1.54, 1.807) is 31.2 Å². The Labute approximate surface area is 226 Å². The van der Waals surface area contributed by atoms with Gasteiger partial charge < -0.3 is 14.8 Å². The average Bonchev–Trinajstić information content (AvgIpc) is 2.86. The van der Waals surface area contributed by atoms with Crippen LogP contribution in [0.15, 0.2) is 69.1 Å². The summed E-state index contributed by atoms with van der Waals surface area (Å²) in [4.78, 5) is 33.6. The van der Waals surface area contributed by atoms with Gasteiger partial charge in [0, 0.05) is 16.2 Å². The van der Waals surface area contributed by atoms with Crippen LogP contribution >= 0.6 is 31.9 Å². The number of nitriles is 1. The maximum atomic E-state index is 12.6. The van der Waals surface area contributed by atoms with E-state index in [9.17, 15) is 30.3 Å². The second kappa shape index (κ2) is 12.1. The normalized spacial score (nSPS) is 10.8. The van der Waals surface area contributed by atoms with Crippen molar-refractivity contribution in [3.8, 4) is 23.3 Å². The topological polar surface area (TPSA) is 158 Å². The third kappa shape index (κ3) is 6.90. The van der Waals surface area contributed by atoms with Gasteiger partial charge in [-0.2, -0.15) is 5.26 Å². The van der Waals surface area contributed by atoms with Crippen LogP contribution in [0.2, 0.25) is 0 Å². The summed E-state index contributed by atoms with van der Waals surface area (Å²) < 4.78 is 12.5. The molecule has 0 aliphatic carbocycles. The van der Waals surface area contributed by atoms with Gasteiger partial charge in [-0.1, -0.05) is 15.9 Å². The zero-order chi connectivity index (χ0) is 27.1. The van der Waals surface area contributed by atoms with Crippen LogP contribution in [0.5, 0.6) is 17.2 Å². The van der Waals surface area contributed by atoms with Crippen LogP contribution in [0.1, 0.15) is 12.5 Å². The molecule has 188 valence electrons. The number of hydrogen-bond acceptors (Lipinski definition) is 8. The molecule has 0 heterocycles. The Morgan fingerprint density at radius 3 is 2.35 bits per heavy atom. The second-order valence-electron chi connectivity index (χ2n) is 7.16. The molecule has 11 nitrogen and oxygen atoms in total. The van der Waals surface area contributed by atoms with Crippen LogP contribution < -0.4 is 14.8 Å². The number of carbonyl (C=O) groups excluding carboxylic acids is 1. The van der Waals surface area contributed by atoms with Gasteiger partial charge in [0.05, 0.1) is 27.0 Å².